The number of aryl methyl sites for hydroxylation is 2. The van der Waals surface area contributed by atoms with Gasteiger partial charge < -0.3 is 9.30 Å². The third kappa shape index (κ3) is 2.01. The summed E-state index contributed by atoms with van der Waals surface area (Å²) in [7, 11) is 0. The molecule has 0 aromatic carbocycles. The Balaban J connectivity index is 2.35. The van der Waals surface area contributed by atoms with Crippen LogP contribution in [0.3, 0.4) is 0 Å². The van der Waals surface area contributed by atoms with E-state index in [0.29, 0.717) is 0 Å². The molecule has 3 atom stereocenters. The van der Waals surface area contributed by atoms with Crippen molar-refractivity contribution in [1.29, 1.82) is 0 Å². The number of halogens is 1. The average molecular weight is 311 g/mol. The van der Waals surface area contributed by atoms with Crippen LogP contribution >= 0.6 is 11.6 Å². The van der Waals surface area contributed by atoms with E-state index in [1.54, 1.807) is 0 Å². The zero-order valence-corrected chi connectivity index (χ0v) is 14.1. The van der Waals surface area contributed by atoms with Crippen molar-refractivity contribution < 1.29 is 4.74 Å². The molecule has 3 rings (SSSR count). The third-order valence-electron chi connectivity index (χ3n) is 4.75. The molecule has 0 spiro atoms. The molecule has 2 aromatic heterocycles. The van der Waals surface area contributed by atoms with Crippen LogP contribution in [0.2, 0.25) is 0 Å². The SMILES string of the molecule is CCn1nc(C)c2nc(C(C)Cl)n(C3(C)CCOC3C)c21. The highest BCUT2D eigenvalue weighted by atomic mass is 35.5. The van der Waals surface area contributed by atoms with Crippen molar-refractivity contribution in [3.8, 4) is 0 Å². The Bertz CT molecular complexity index is 675. The van der Waals surface area contributed by atoms with Crippen molar-refractivity contribution in [2.45, 2.75) is 64.6 Å². The number of fused-ring (bicyclic) bond motifs is 1. The summed E-state index contributed by atoms with van der Waals surface area (Å²) in [5, 5.41) is 4.46. The quantitative estimate of drug-likeness (QED) is 0.816. The summed E-state index contributed by atoms with van der Waals surface area (Å²) in [5.41, 5.74) is 2.85. The Morgan fingerprint density at radius 3 is 2.76 bits per heavy atom. The third-order valence-corrected chi connectivity index (χ3v) is 4.95. The minimum atomic E-state index is -0.147. The molecule has 1 aliphatic heterocycles. The van der Waals surface area contributed by atoms with Gasteiger partial charge in [-0.3, -0.25) is 0 Å². The van der Waals surface area contributed by atoms with Gasteiger partial charge in [-0.15, -0.1) is 11.6 Å². The van der Waals surface area contributed by atoms with E-state index in [2.05, 4.69) is 30.4 Å². The minimum absolute atomic E-state index is 0.129. The summed E-state index contributed by atoms with van der Waals surface area (Å²) in [6, 6.07) is 0. The van der Waals surface area contributed by atoms with Gasteiger partial charge in [0.1, 0.15) is 11.3 Å². The van der Waals surface area contributed by atoms with Crippen LogP contribution in [0.1, 0.15) is 51.0 Å². The molecular weight excluding hydrogens is 288 g/mol. The lowest BCUT2D eigenvalue weighted by atomic mass is 9.94. The molecule has 3 unspecified atom stereocenters. The van der Waals surface area contributed by atoms with Gasteiger partial charge in [0.05, 0.1) is 22.7 Å². The summed E-state index contributed by atoms with van der Waals surface area (Å²) < 4.78 is 10.1. The Labute approximate surface area is 130 Å². The van der Waals surface area contributed by atoms with E-state index in [-0.39, 0.29) is 17.0 Å². The highest BCUT2D eigenvalue weighted by Gasteiger charge is 2.42. The highest BCUT2D eigenvalue weighted by molar-refractivity contribution is 6.20. The van der Waals surface area contributed by atoms with Crippen molar-refractivity contribution in [3.05, 3.63) is 11.5 Å². The van der Waals surface area contributed by atoms with Crippen molar-refractivity contribution >= 4 is 22.8 Å². The van der Waals surface area contributed by atoms with Gasteiger partial charge in [0.15, 0.2) is 5.65 Å². The normalized spacial score (nSPS) is 27.6. The molecule has 0 aliphatic carbocycles. The highest BCUT2D eigenvalue weighted by Crippen LogP contribution is 2.39. The van der Waals surface area contributed by atoms with E-state index < -0.39 is 0 Å². The Morgan fingerprint density at radius 2 is 2.24 bits per heavy atom. The molecule has 1 aliphatic rings. The number of imidazole rings is 1. The monoisotopic (exact) mass is 310 g/mol. The van der Waals surface area contributed by atoms with Gasteiger partial charge in [0.2, 0.25) is 0 Å². The lowest BCUT2D eigenvalue weighted by Crippen LogP contribution is -2.38. The van der Waals surface area contributed by atoms with Crippen LogP contribution in [0.15, 0.2) is 0 Å². The Hall–Kier alpha value is -1.07. The lowest BCUT2D eigenvalue weighted by molar-refractivity contribution is 0.0758. The summed E-state index contributed by atoms with van der Waals surface area (Å²) in [6.07, 6.45) is 1.09. The first kappa shape index (κ1) is 14.9. The van der Waals surface area contributed by atoms with Crippen molar-refractivity contribution in [2.24, 2.45) is 0 Å². The van der Waals surface area contributed by atoms with Gasteiger partial charge in [-0.1, -0.05) is 0 Å². The summed E-state index contributed by atoms with van der Waals surface area (Å²) in [4.78, 5) is 4.80. The Kier molecular flexibility index (Phi) is 3.53. The van der Waals surface area contributed by atoms with E-state index >= 15 is 0 Å². The molecule has 3 heterocycles. The molecular formula is C15H23ClN4O. The maximum atomic E-state index is 6.42. The molecule has 5 nitrogen and oxygen atoms in total. The predicted molar refractivity (Wildman–Crippen MR) is 83.9 cm³/mol. The van der Waals surface area contributed by atoms with Gasteiger partial charge >= 0.3 is 0 Å². The van der Waals surface area contributed by atoms with Crippen LogP contribution < -0.4 is 0 Å². The van der Waals surface area contributed by atoms with Crippen molar-refractivity contribution in [3.63, 3.8) is 0 Å². The molecule has 0 radical (unpaired) electrons. The van der Waals surface area contributed by atoms with E-state index in [0.717, 1.165) is 42.3 Å². The molecule has 1 fully saturated rings. The van der Waals surface area contributed by atoms with Crippen LogP contribution in [0.5, 0.6) is 0 Å². The Morgan fingerprint density at radius 1 is 1.52 bits per heavy atom. The number of hydrogen-bond acceptors (Lipinski definition) is 3. The largest absolute Gasteiger partial charge is 0.376 e. The van der Waals surface area contributed by atoms with Crippen LogP contribution in [0.4, 0.5) is 0 Å². The van der Waals surface area contributed by atoms with E-state index in [9.17, 15) is 0 Å². The van der Waals surface area contributed by atoms with Crippen LogP contribution in [-0.4, -0.2) is 32.0 Å². The maximum Gasteiger partial charge on any atom is 0.159 e. The molecule has 1 saturated heterocycles. The lowest BCUT2D eigenvalue weighted by Gasteiger charge is -2.32. The van der Waals surface area contributed by atoms with Gasteiger partial charge in [0.25, 0.3) is 0 Å². The number of nitrogens with zero attached hydrogens (tertiary/aromatic N) is 4. The van der Waals surface area contributed by atoms with Gasteiger partial charge in [-0.05, 0) is 41.0 Å². The fourth-order valence-corrected chi connectivity index (χ4v) is 3.44. The molecule has 0 amide bonds. The van der Waals surface area contributed by atoms with E-state index in [1.807, 2.05) is 18.5 Å². The molecule has 116 valence electrons. The van der Waals surface area contributed by atoms with Crippen LogP contribution in [0.25, 0.3) is 11.2 Å². The summed E-state index contributed by atoms with van der Waals surface area (Å²) >= 11 is 6.42. The first-order valence-corrected chi connectivity index (χ1v) is 8.05. The second kappa shape index (κ2) is 4.99. The summed E-state index contributed by atoms with van der Waals surface area (Å²) in [6.45, 7) is 12.0. The number of rotatable bonds is 3. The molecule has 6 heteroatoms. The maximum absolute atomic E-state index is 6.42. The van der Waals surface area contributed by atoms with Gasteiger partial charge in [-0.2, -0.15) is 5.10 Å². The van der Waals surface area contributed by atoms with Crippen molar-refractivity contribution in [1.82, 2.24) is 19.3 Å². The average Bonchev–Trinajstić information content (AvgIpc) is 3.06. The van der Waals surface area contributed by atoms with Crippen LogP contribution in [0, 0.1) is 6.92 Å². The zero-order valence-electron chi connectivity index (χ0n) is 13.4. The van der Waals surface area contributed by atoms with E-state index in [4.69, 9.17) is 21.3 Å². The molecule has 21 heavy (non-hydrogen) atoms. The first-order chi connectivity index (χ1) is 9.90. The molecule has 0 saturated carbocycles. The number of alkyl halides is 1. The number of hydrogen-bond donors (Lipinski definition) is 0. The fraction of sp³-hybridized carbons (Fsp3) is 0.733. The molecule has 0 bridgehead atoms. The minimum Gasteiger partial charge on any atom is -0.376 e. The van der Waals surface area contributed by atoms with Gasteiger partial charge in [-0.25, -0.2) is 9.67 Å². The second-order valence-corrected chi connectivity index (χ2v) is 6.77. The number of ether oxygens (including phenoxy) is 1. The topological polar surface area (TPSA) is 44.9 Å². The first-order valence-electron chi connectivity index (χ1n) is 7.62. The van der Waals surface area contributed by atoms with Gasteiger partial charge in [0, 0.05) is 13.2 Å². The van der Waals surface area contributed by atoms with Crippen molar-refractivity contribution in [2.75, 3.05) is 6.61 Å². The fourth-order valence-electron chi connectivity index (χ4n) is 3.29. The van der Waals surface area contributed by atoms with Crippen LogP contribution in [-0.2, 0) is 16.8 Å². The summed E-state index contributed by atoms with van der Waals surface area (Å²) in [5.74, 6) is 0.911. The smallest absolute Gasteiger partial charge is 0.159 e. The van der Waals surface area contributed by atoms with E-state index in [1.165, 1.54) is 0 Å². The second-order valence-electron chi connectivity index (χ2n) is 6.11. The standard InChI is InChI=1S/C15H23ClN4O/c1-6-19-14-12(10(3)18-19)17-13(9(2)16)20(14)15(5)7-8-21-11(15)4/h9,11H,6-8H2,1-5H3. The zero-order chi connectivity index (χ0) is 15.4. The predicted octanol–water partition coefficient (Wildman–Crippen LogP) is 3.38. The number of aromatic nitrogens is 4. The molecule has 2 aromatic rings. The molecule has 0 N–H and O–H groups in total.